The lowest BCUT2D eigenvalue weighted by Crippen LogP contribution is -2.60. The summed E-state index contributed by atoms with van der Waals surface area (Å²) in [6.45, 7) is 17.0. The number of ketones is 2. The zero-order valence-corrected chi connectivity index (χ0v) is 39.0. The number of aromatic nitrogens is 2. The highest BCUT2D eigenvalue weighted by Crippen LogP contribution is 2.43. The molecule has 16 nitrogen and oxygen atoms in total. The first kappa shape index (κ1) is 49.2. The lowest BCUT2D eigenvalue weighted by Gasteiger charge is -2.47. The number of methoxy groups -OCH3 is 1. The summed E-state index contributed by atoms with van der Waals surface area (Å²) in [6.07, 6.45) is 1.32. The molecule has 3 aliphatic heterocycles. The molecule has 1 N–H and O–H groups in total. The first-order chi connectivity index (χ1) is 29.3. The number of aliphatic hydroxyl groups excluding tert-OH is 1. The summed E-state index contributed by atoms with van der Waals surface area (Å²) in [5.41, 5.74) is -2.31. The Morgan fingerprint density at radius 2 is 1.71 bits per heavy atom. The maximum Gasteiger partial charge on any atom is 0.410 e. The maximum absolute atomic E-state index is 14.8. The van der Waals surface area contributed by atoms with E-state index in [0.717, 1.165) is 0 Å². The van der Waals surface area contributed by atoms with Gasteiger partial charge in [0.05, 0.1) is 23.9 Å². The third kappa shape index (κ3) is 10.2. The van der Waals surface area contributed by atoms with E-state index in [1.165, 1.54) is 25.4 Å². The number of hydrogen-bond donors (Lipinski definition) is 1. The third-order valence-electron chi connectivity index (χ3n) is 13.4. The van der Waals surface area contributed by atoms with Crippen LogP contribution in [0.15, 0.2) is 36.1 Å². The molecular formula is C45H67N5O11S. The second-order valence-electron chi connectivity index (χ2n) is 17.7. The number of hydrogen-bond acceptors (Lipinski definition) is 15. The smallest absolute Gasteiger partial charge is 0.410 e. The molecule has 5 heterocycles. The number of nitrogens with zero attached hydrogens (tertiary/aromatic N) is 5. The number of pyridine rings is 1. The summed E-state index contributed by atoms with van der Waals surface area (Å²) in [4.78, 5) is 84.4. The van der Waals surface area contributed by atoms with Gasteiger partial charge in [-0.05, 0) is 85.5 Å². The Labute approximate surface area is 370 Å². The molecule has 13 atom stereocenters. The number of amides is 2. The molecule has 5 rings (SSSR count). The number of fused-ring (bicyclic) bond motifs is 1. The van der Waals surface area contributed by atoms with E-state index in [4.69, 9.17) is 23.7 Å². The molecule has 0 saturated carbocycles. The molecule has 2 amide bonds. The molecule has 3 saturated heterocycles. The second kappa shape index (κ2) is 20.8. The van der Waals surface area contributed by atoms with Crippen LogP contribution in [-0.2, 0) is 38.1 Å². The van der Waals surface area contributed by atoms with Crippen LogP contribution < -0.4 is 4.90 Å². The normalized spacial score (nSPS) is 35.0. The Morgan fingerprint density at radius 3 is 2.32 bits per heavy atom. The SMILES string of the molecule is CC[C@H]1OC(=O)[C@H](C)C(=O)[C@H](C)[C@@H](O[C@@H]2O[C@H](C)C[C@H](N(C)CC)[C@H]2O)[C@](C)(OC)C[C@@H](C)C(=O)[C@H](C)[C@@H]2N(CCCCN(C(=O)c3ccncc3)c3nccs3)C(=O)O[C@@]21C. The van der Waals surface area contributed by atoms with Crippen molar-refractivity contribution >= 4 is 46.0 Å². The van der Waals surface area contributed by atoms with Crippen molar-refractivity contribution in [1.29, 1.82) is 0 Å². The highest BCUT2D eigenvalue weighted by molar-refractivity contribution is 7.13. The van der Waals surface area contributed by atoms with Crippen molar-refractivity contribution in [3.63, 3.8) is 0 Å². The van der Waals surface area contributed by atoms with Crippen LogP contribution in [-0.4, -0.2) is 142 Å². The topological polar surface area (TPSA) is 187 Å². The van der Waals surface area contributed by atoms with E-state index in [1.807, 2.05) is 25.8 Å². The van der Waals surface area contributed by atoms with Gasteiger partial charge < -0.3 is 38.6 Å². The number of carbonyl (C=O) groups is 5. The van der Waals surface area contributed by atoms with E-state index in [-0.39, 0.29) is 43.2 Å². The van der Waals surface area contributed by atoms with Gasteiger partial charge in [0.25, 0.3) is 5.91 Å². The zero-order chi connectivity index (χ0) is 45.7. The molecule has 2 aromatic heterocycles. The Morgan fingerprint density at radius 1 is 1.02 bits per heavy atom. The molecule has 62 heavy (non-hydrogen) atoms. The number of carbonyl (C=O) groups excluding carboxylic acids is 5. The van der Waals surface area contributed by atoms with Crippen LogP contribution in [0.25, 0.3) is 0 Å². The molecule has 3 aliphatic rings. The maximum atomic E-state index is 14.8. The van der Waals surface area contributed by atoms with Crippen molar-refractivity contribution in [2.24, 2.45) is 23.7 Å². The van der Waals surface area contributed by atoms with Gasteiger partial charge in [-0.1, -0.05) is 34.6 Å². The number of ether oxygens (including phenoxy) is 5. The van der Waals surface area contributed by atoms with E-state index in [1.54, 1.807) is 87.4 Å². The lowest BCUT2D eigenvalue weighted by molar-refractivity contribution is -0.296. The summed E-state index contributed by atoms with van der Waals surface area (Å²) in [6, 6.07) is 2.13. The Kier molecular flexibility index (Phi) is 16.5. The second-order valence-corrected chi connectivity index (χ2v) is 18.6. The number of Topliss-reactive ketones (excluding diaryl/α,β-unsaturated/α-hetero) is 2. The van der Waals surface area contributed by atoms with Crippen molar-refractivity contribution in [1.82, 2.24) is 19.8 Å². The Hall–Kier alpha value is -3.87. The van der Waals surface area contributed by atoms with Gasteiger partial charge in [0, 0.05) is 73.5 Å². The van der Waals surface area contributed by atoms with E-state index < -0.39 is 83.4 Å². The molecule has 0 aromatic carbocycles. The fraction of sp³-hybridized carbons (Fsp3) is 0.711. The molecule has 344 valence electrons. The molecule has 0 spiro atoms. The predicted molar refractivity (Wildman–Crippen MR) is 231 cm³/mol. The summed E-state index contributed by atoms with van der Waals surface area (Å²) in [5.74, 6) is -5.45. The summed E-state index contributed by atoms with van der Waals surface area (Å²) in [5, 5.41) is 13.9. The van der Waals surface area contributed by atoms with E-state index in [9.17, 15) is 29.1 Å². The molecule has 2 aromatic rings. The van der Waals surface area contributed by atoms with Gasteiger partial charge in [0.1, 0.15) is 23.9 Å². The van der Waals surface area contributed by atoms with Gasteiger partial charge in [-0.15, -0.1) is 11.3 Å². The van der Waals surface area contributed by atoms with Gasteiger partial charge in [-0.2, -0.15) is 0 Å². The minimum Gasteiger partial charge on any atom is -0.458 e. The lowest BCUT2D eigenvalue weighted by atomic mass is 9.73. The quantitative estimate of drug-likeness (QED) is 0.150. The largest absolute Gasteiger partial charge is 0.458 e. The van der Waals surface area contributed by atoms with Crippen molar-refractivity contribution in [3.05, 3.63) is 41.7 Å². The number of aliphatic hydroxyl groups is 1. The van der Waals surface area contributed by atoms with Crippen LogP contribution in [0.2, 0.25) is 0 Å². The third-order valence-corrected chi connectivity index (χ3v) is 14.2. The number of rotatable bonds is 13. The van der Waals surface area contributed by atoms with E-state index in [0.29, 0.717) is 43.0 Å². The standard InChI is InChI=1S/C45H67N5O11S/c1-12-33-45(9)37(49(43(56)61-45)21-14-15-22-50(42-47-20-23-62-42)39(54)31-16-18-46-19-17-31)28(5)34(51)26(3)25-44(8,57-11)38(29(6)35(52)30(7)40(55)59-33)60-41-36(53)32(48(10)13-2)24-27(4)58-41/h16-20,23,26-30,32-33,36-38,41,53H,12-15,21-22,24-25H2,1-11H3/t26-,27-,28+,29+,30-,32+,33-,36-,37+,38-,41+,44-,45-/m1/s1. The van der Waals surface area contributed by atoms with Gasteiger partial charge in [0.15, 0.2) is 22.8 Å². The van der Waals surface area contributed by atoms with Crippen LogP contribution >= 0.6 is 11.3 Å². The number of cyclic esters (lactones) is 1. The molecule has 0 bridgehead atoms. The molecule has 0 aliphatic carbocycles. The molecule has 0 unspecified atom stereocenters. The average Bonchev–Trinajstić information content (AvgIpc) is 3.89. The highest BCUT2D eigenvalue weighted by atomic mass is 32.1. The van der Waals surface area contributed by atoms with Gasteiger partial charge >= 0.3 is 12.1 Å². The first-order valence-electron chi connectivity index (χ1n) is 22.0. The zero-order valence-electron chi connectivity index (χ0n) is 38.1. The van der Waals surface area contributed by atoms with Gasteiger partial charge in [0.2, 0.25) is 0 Å². The number of thiazole rings is 1. The van der Waals surface area contributed by atoms with Crippen LogP contribution in [0.3, 0.4) is 0 Å². The van der Waals surface area contributed by atoms with Crippen molar-refractivity contribution in [2.45, 2.75) is 148 Å². The first-order valence-corrected chi connectivity index (χ1v) is 22.8. The minimum atomic E-state index is -1.47. The van der Waals surface area contributed by atoms with Crippen LogP contribution in [0.5, 0.6) is 0 Å². The highest BCUT2D eigenvalue weighted by Gasteiger charge is 2.60. The molecule has 17 heteroatoms. The number of esters is 1. The van der Waals surface area contributed by atoms with Gasteiger partial charge in [-0.3, -0.25) is 29.1 Å². The van der Waals surface area contributed by atoms with Gasteiger partial charge in [-0.25, -0.2) is 9.78 Å². The molecular weight excluding hydrogens is 819 g/mol. The average molecular weight is 886 g/mol. The van der Waals surface area contributed by atoms with Crippen LogP contribution in [0, 0.1) is 23.7 Å². The minimum absolute atomic E-state index is 0.0952. The Balaban J connectivity index is 1.45. The number of likely N-dealkylation sites (N-methyl/N-ethyl adjacent to an activating group) is 1. The summed E-state index contributed by atoms with van der Waals surface area (Å²) in [7, 11) is 3.40. The number of unbranched alkanes of at least 4 members (excludes halogenated alkanes) is 1. The summed E-state index contributed by atoms with van der Waals surface area (Å²) < 4.78 is 31.4. The van der Waals surface area contributed by atoms with E-state index in [2.05, 4.69) is 9.97 Å². The van der Waals surface area contributed by atoms with Crippen molar-refractivity contribution < 1.29 is 52.8 Å². The molecule has 0 radical (unpaired) electrons. The van der Waals surface area contributed by atoms with Crippen molar-refractivity contribution in [2.75, 3.05) is 38.7 Å². The predicted octanol–water partition coefficient (Wildman–Crippen LogP) is 5.56. The monoisotopic (exact) mass is 885 g/mol. The van der Waals surface area contributed by atoms with Crippen LogP contribution in [0.1, 0.15) is 105 Å². The van der Waals surface area contributed by atoms with Crippen molar-refractivity contribution in [3.8, 4) is 0 Å². The number of anilines is 1. The van der Waals surface area contributed by atoms with E-state index >= 15 is 0 Å². The fourth-order valence-electron chi connectivity index (χ4n) is 9.70. The Bertz CT molecular complexity index is 1860. The molecule has 3 fully saturated rings. The fourth-order valence-corrected chi connectivity index (χ4v) is 10.4. The summed E-state index contributed by atoms with van der Waals surface area (Å²) >= 11 is 1.34. The van der Waals surface area contributed by atoms with Crippen LogP contribution in [0.4, 0.5) is 9.93 Å².